The first kappa shape index (κ1) is 17.8. The van der Waals surface area contributed by atoms with Gasteiger partial charge in [0.05, 0.1) is 5.60 Å². The molecule has 1 aliphatic rings. The lowest BCUT2D eigenvalue weighted by atomic mass is 9.86. The van der Waals surface area contributed by atoms with Crippen LogP contribution in [0.5, 0.6) is 5.75 Å². The van der Waals surface area contributed by atoms with E-state index in [2.05, 4.69) is 4.98 Å². The number of hydrogen-bond donors (Lipinski definition) is 2. The highest BCUT2D eigenvalue weighted by Gasteiger charge is 2.32. The summed E-state index contributed by atoms with van der Waals surface area (Å²) >= 11 is 0. The van der Waals surface area contributed by atoms with Crippen LogP contribution in [-0.2, 0) is 10.3 Å². The van der Waals surface area contributed by atoms with E-state index >= 15 is 0 Å². The average Bonchev–Trinajstić information content (AvgIpc) is 2.68. The van der Waals surface area contributed by atoms with Crippen LogP contribution >= 0.6 is 0 Å². The maximum Gasteiger partial charge on any atom is 0.248 e. The molecule has 1 atom stereocenters. The van der Waals surface area contributed by atoms with Crippen molar-refractivity contribution in [1.29, 1.82) is 0 Å². The molecule has 5 heteroatoms. The Morgan fingerprint density at radius 2 is 1.93 bits per heavy atom. The monoisotopic (exact) mass is 365 g/mol. The molecule has 1 unspecified atom stereocenters. The number of H-pyrrole nitrogens is 1. The number of rotatable bonds is 4. The molecule has 2 N–H and O–H groups in total. The minimum atomic E-state index is -0.852. The van der Waals surface area contributed by atoms with Crippen LogP contribution in [0.4, 0.5) is 0 Å². The van der Waals surface area contributed by atoms with E-state index < -0.39 is 5.60 Å². The van der Waals surface area contributed by atoms with Crippen LogP contribution in [0.1, 0.15) is 37.0 Å². The molecule has 27 heavy (non-hydrogen) atoms. The van der Waals surface area contributed by atoms with Crippen LogP contribution in [-0.4, -0.2) is 23.3 Å². The molecule has 2 heterocycles. The van der Waals surface area contributed by atoms with Gasteiger partial charge in [-0.05, 0) is 53.8 Å². The van der Waals surface area contributed by atoms with Crippen molar-refractivity contribution in [2.75, 3.05) is 13.2 Å². The molecule has 0 bridgehead atoms. The van der Waals surface area contributed by atoms with Gasteiger partial charge in [-0.25, -0.2) is 0 Å². The Morgan fingerprint density at radius 3 is 2.74 bits per heavy atom. The molecule has 0 amide bonds. The van der Waals surface area contributed by atoms with E-state index in [1.807, 2.05) is 55.5 Å². The molecule has 3 aromatic rings. The summed E-state index contributed by atoms with van der Waals surface area (Å²) in [5, 5.41) is 11.9. The fourth-order valence-electron chi connectivity index (χ4n) is 3.55. The number of nitrogens with one attached hydrogen (secondary N) is 1. The molecule has 5 nitrogen and oxygen atoms in total. The highest BCUT2D eigenvalue weighted by molar-refractivity contribution is 5.79. The summed E-state index contributed by atoms with van der Waals surface area (Å²) in [7, 11) is 0. The van der Waals surface area contributed by atoms with Crippen molar-refractivity contribution < 1.29 is 14.6 Å². The normalized spacial score (nSPS) is 17.6. The molecule has 4 rings (SSSR count). The summed E-state index contributed by atoms with van der Waals surface area (Å²) in [6.07, 6.45) is 1.02. The van der Waals surface area contributed by atoms with Crippen molar-refractivity contribution in [2.45, 2.75) is 31.5 Å². The lowest BCUT2D eigenvalue weighted by molar-refractivity contribution is -0.0680. The Morgan fingerprint density at radius 1 is 1.11 bits per heavy atom. The summed E-state index contributed by atoms with van der Waals surface area (Å²) in [5.74, 6) is 0.724. The van der Waals surface area contributed by atoms with E-state index in [1.165, 1.54) is 6.07 Å². The first-order valence-corrected chi connectivity index (χ1v) is 9.24. The van der Waals surface area contributed by atoms with Gasteiger partial charge in [0.25, 0.3) is 0 Å². The number of ether oxygens (including phenoxy) is 2. The molecule has 2 aromatic carbocycles. The van der Waals surface area contributed by atoms with Crippen LogP contribution in [0.2, 0.25) is 0 Å². The van der Waals surface area contributed by atoms with Crippen molar-refractivity contribution >= 4 is 10.9 Å². The number of pyridine rings is 1. The van der Waals surface area contributed by atoms with Crippen molar-refractivity contribution in [2.24, 2.45) is 0 Å². The number of hydrogen-bond acceptors (Lipinski definition) is 4. The van der Waals surface area contributed by atoms with Crippen LogP contribution in [0.3, 0.4) is 0 Å². The third-order valence-corrected chi connectivity index (χ3v) is 5.22. The Kier molecular flexibility index (Phi) is 4.72. The Balaban J connectivity index is 1.56. The quantitative estimate of drug-likeness (QED) is 0.740. The van der Waals surface area contributed by atoms with Crippen molar-refractivity contribution in [1.82, 2.24) is 4.98 Å². The molecule has 0 saturated carbocycles. The smallest absolute Gasteiger partial charge is 0.248 e. The second-order valence-corrected chi connectivity index (χ2v) is 7.10. The summed E-state index contributed by atoms with van der Waals surface area (Å²) < 4.78 is 11.5. The van der Waals surface area contributed by atoms with E-state index in [0.29, 0.717) is 26.1 Å². The summed E-state index contributed by atoms with van der Waals surface area (Å²) in [6, 6.07) is 16.9. The van der Waals surface area contributed by atoms with Gasteiger partial charge in [0.15, 0.2) is 0 Å². The van der Waals surface area contributed by atoms with Crippen molar-refractivity contribution in [3.05, 3.63) is 76.1 Å². The van der Waals surface area contributed by atoms with Gasteiger partial charge in [-0.1, -0.05) is 18.2 Å². The van der Waals surface area contributed by atoms with Gasteiger partial charge in [0.1, 0.15) is 11.9 Å². The third-order valence-electron chi connectivity index (χ3n) is 5.22. The zero-order valence-corrected chi connectivity index (χ0v) is 15.3. The second-order valence-electron chi connectivity index (χ2n) is 7.10. The largest absolute Gasteiger partial charge is 0.486 e. The Hall–Kier alpha value is -2.63. The fraction of sp³-hybridized carbons (Fsp3) is 0.318. The molecular formula is C22H23NO4. The van der Waals surface area contributed by atoms with Gasteiger partial charge in [0.2, 0.25) is 5.56 Å². The van der Waals surface area contributed by atoms with Crippen LogP contribution in [0, 0.1) is 0 Å². The lowest BCUT2D eigenvalue weighted by Gasteiger charge is -2.32. The Labute approximate surface area is 157 Å². The molecule has 140 valence electrons. The molecule has 0 radical (unpaired) electrons. The first-order valence-electron chi connectivity index (χ1n) is 9.24. The highest BCUT2D eigenvalue weighted by Crippen LogP contribution is 2.34. The van der Waals surface area contributed by atoms with E-state index in [0.717, 1.165) is 27.8 Å². The van der Waals surface area contributed by atoms with Gasteiger partial charge >= 0.3 is 0 Å². The number of aromatic amines is 1. The predicted octanol–water partition coefficient (Wildman–Crippen LogP) is 3.67. The number of aromatic nitrogens is 1. The van der Waals surface area contributed by atoms with E-state index in [1.54, 1.807) is 0 Å². The predicted molar refractivity (Wildman–Crippen MR) is 104 cm³/mol. The molecule has 0 spiro atoms. The molecule has 1 aromatic heterocycles. The Bertz CT molecular complexity index is 1000. The van der Waals surface area contributed by atoms with Gasteiger partial charge in [-0.2, -0.15) is 0 Å². The lowest BCUT2D eigenvalue weighted by Crippen LogP contribution is -2.33. The highest BCUT2D eigenvalue weighted by atomic mass is 16.5. The molecule has 1 fully saturated rings. The molecule has 1 aliphatic heterocycles. The molecule has 1 saturated heterocycles. The van der Waals surface area contributed by atoms with E-state index in [4.69, 9.17) is 9.47 Å². The number of fused-ring (bicyclic) bond motifs is 1. The minimum absolute atomic E-state index is 0.109. The molecule has 0 aliphatic carbocycles. The maximum absolute atomic E-state index is 11.4. The zero-order valence-electron chi connectivity index (χ0n) is 15.3. The summed E-state index contributed by atoms with van der Waals surface area (Å²) in [5.41, 5.74) is 1.73. The van der Waals surface area contributed by atoms with Crippen molar-refractivity contribution in [3.8, 4) is 5.75 Å². The SMILES string of the molecule is CC(Oc1cccc(C2(O)CCOCC2)c1)c1ccc2[nH]c(=O)ccc2c1. The van der Waals surface area contributed by atoms with Crippen LogP contribution in [0.15, 0.2) is 59.4 Å². The third kappa shape index (κ3) is 3.75. The van der Waals surface area contributed by atoms with E-state index in [-0.39, 0.29) is 11.7 Å². The number of aliphatic hydroxyl groups is 1. The van der Waals surface area contributed by atoms with Crippen LogP contribution in [0.25, 0.3) is 10.9 Å². The standard InChI is InChI=1S/C22H23NO4/c1-15(16-5-7-20-17(13-16)6-8-21(24)23-20)27-19-4-2-3-18(14-19)22(25)9-11-26-12-10-22/h2-8,13-15,25H,9-12H2,1H3,(H,23,24). The van der Waals surface area contributed by atoms with Gasteiger partial charge in [-0.3, -0.25) is 4.79 Å². The maximum atomic E-state index is 11.4. The fourth-order valence-corrected chi connectivity index (χ4v) is 3.55. The van der Waals surface area contributed by atoms with E-state index in [9.17, 15) is 9.90 Å². The van der Waals surface area contributed by atoms with Gasteiger partial charge in [0, 0.05) is 37.6 Å². The minimum Gasteiger partial charge on any atom is -0.486 e. The van der Waals surface area contributed by atoms with Crippen molar-refractivity contribution in [3.63, 3.8) is 0 Å². The molecular weight excluding hydrogens is 342 g/mol. The second kappa shape index (κ2) is 7.18. The van der Waals surface area contributed by atoms with Crippen LogP contribution < -0.4 is 10.3 Å². The van der Waals surface area contributed by atoms with Gasteiger partial charge in [-0.15, -0.1) is 0 Å². The summed E-state index contributed by atoms with van der Waals surface area (Å²) in [4.78, 5) is 14.2. The topological polar surface area (TPSA) is 71.5 Å². The average molecular weight is 365 g/mol. The number of benzene rings is 2. The first-order chi connectivity index (χ1) is 13.0. The zero-order chi connectivity index (χ0) is 18.9. The van der Waals surface area contributed by atoms with Gasteiger partial charge < -0.3 is 19.6 Å². The summed E-state index contributed by atoms with van der Waals surface area (Å²) in [6.45, 7) is 3.12.